The summed E-state index contributed by atoms with van der Waals surface area (Å²) >= 11 is 0. The normalized spacial score (nSPS) is 22.0. The van der Waals surface area contributed by atoms with Crippen LogP contribution in [0, 0.1) is 0 Å². The fourth-order valence-electron chi connectivity index (χ4n) is 2.85. The van der Waals surface area contributed by atoms with Gasteiger partial charge in [-0.15, -0.1) is 0 Å². The maximum absolute atomic E-state index is 12.8. The summed E-state index contributed by atoms with van der Waals surface area (Å²) in [5.41, 5.74) is -0.200. The fraction of sp³-hybridized carbons (Fsp3) is 0.533. The Morgan fingerprint density at radius 1 is 1.38 bits per heavy atom. The molecule has 0 saturated carbocycles. The van der Waals surface area contributed by atoms with Gasteiger partial charge >= 0.3 is 12.1 Å². The van der Waals surface area contributed by atoms with Gasteiger partial charge in [0, 0.05) is 6.04 Å². The van der Waals surface area contributed by atoms with Crippen LogP contribution in [-0.2, 0) is 11.0 Å². The van der Waals surface area contributed by atoms with Crippen LogP contribution in [0.5, 0.6) is 0 Å². The SMILES string of the molecule is CC(c1cccc(C(F)(F)F)c1)N1CCCCC1C(=O)O. The van der Waals surface area contributed by atoms with Crippen molar-refractivity contribution in [2.45, 2.75) is 44.4 Å². The van der Waals surface area contributed by atoms with Gasteiger partial charge in [-0.1, -0.05) is 18.6 Å². The maximum atomic E-state index is 12.8. The Labute approximate surface area is 121 Å². The smallest absolute Gasteiger partial charge is 0.416 e. The summed E-state index contributed by atoms with van der Waals surface area (Å²) in [6, 6.07) is 4.15. The number of likely N-dealkylation sites (tertiary alicyclic amines) is 1. The first-order valence-electron chi connectivity index (χ1n) is 6.96. The second-order valence-electron chi connectivity index (χ2n) is 5.39. The molecular formula is C15H18F3NO2. The lowest BCUT2D eigenvalue weighted by molar-refractivity contribution is -0.146. The molecular weight excluding hydrogens is 283 g/mol. The van der Waals surface area contributed by atoms with Crippen LogP contribution in [0.1, 0.15) is 43.4 Å². The molecule has 0 radical (unpaired) electrons. The number of hydrogen-bond acceptors (Lipinski definition) is 2. The topological polar surface area (TPSA) is 40.5 Å². The highest BCUT2D eigenvalue weighted by Gasteiger charge is 2.34. The molecule has 1 heterocycles. The Balaban J connectivity index is 2.26. The molecule has 2 atom stereocenters. The first-order valence-corrected chi connectivity index (χ1v) is 6.96. The summed E-state index contributed by atoms with van der Waals surface area (Å²) in [6.45, 7) is 2.35. The van der Waals surface area contributed by atoms with Crippen LogP contribution in [0.25, 0.3) is 0 Å². The van der Waals surface area contributed by atoms with E-state index >= 15 is 0 Å². The van der Waals surface area contributed by atoms with Crippen molar-refractivity contribution in [1.82, 2.24) is 4.90 Å². The zero-order chi connectivity index (χ0) is 15.6. The van der Waals surface area contributed by atoms with E-state index in [1.54, 1.807) is 17.9 Å². The first kappa shape index (κ1) is 15.8. The van der Waals surface area contributed by atoms with Crippen molar-refractivity contribution in [2.75, 3.05) is 6.54 Å². The number of benzene rings is 1. The van der Waals surface area contributed by atoms with Crippen molar-refractivity contribution >= 4 is 5.97 Å². The Bertz CT molecular complexity index is 516. The van der Waals surface area contributed by atoms with E-state index in [2.05, 4.69) is 0 Å². The number of piperidine rings is 1. The molecule has 1 fully saturated rings. The largest absolute Gasteiger partial charge is 0.480 e. The molecule has 21 heavy (non-hydrogen) atoms. The zero-order valence-electron chi connectivity index (χ0n) is 11.7. The van der Waals surface area contributed by atoms with E-state index in [1.165, 1.54) is 6.07 Å². The van der Waals surface area contributed by atoms with Crippen LogP contribution in [0.15, 0.2) is 24.3 Å². The summed E-state index contributed by atoms with van der Waals surface area (Å²) in [5, 5.41) is 9.27. The Kier molecular flexibility index (Phi) is 4.56. The number of nitrogens with zero attached hydrogens (tertiary/aromatic N) is 1. The van der Waals surface area contributed by atoms with Crippen LogP contribution >= 0.6 is 0 Å². The average Bonchev–Trinajstić information content (AvgIpc) is 2.45. The molecule has 1 aromatic carbocycles. The number of hydrogen-bond donors (Lipinski definition) is 1. The van der Waals surface area contributed by atoms with E-state index in [0.717, 1.165) is 25.0 Å². The summed E-state index contributed by atoms with van der Waals surface area (Å²) in [5.74, 6) is -0.909. The van der Waals surface area contributed by atoms with E-state index in [4.69, 9.17) is 0 Å². The van der Waals surface area contributed by atoms with E-state index < -0.39 is 23.8 Å². The number of carboxylic acid groups (broad SMARTS) is 1. The second kappa shape index (κ2) is 6.05. The third-order valence-corrected chi connectivity index (χ3v) is 4.02. The van der Waals surface area contributed by atoms with Crippen molar-refractivity contribution in [3.63, 3.8) is 0 Å². The molecule has 6 heteroatoms. The number of alkyl halides is 3. The molecule has 1 N–H and O–H groups in total. The number of halogens is 3. The molecule has 1 aromatic rings. The highest BCUT2D eigenvalue weighted by Crippen LogP contribution is 2.33. The van der Waals surface area contributed by atoms with E-state index in [0.29, 0.717) is 18.5 Å². The molecule has 116 valence electrons. The lowest BCUT2D eigenvalue weighted by atomic mass is 9.96. The number of aliphatic carboxylic acids is 1. The van der Waals surface area contributed by atoms with Crippen LogP contribution in [0.4, 0.5) is 13.2 Å². The molecule has 0 aromatic heterocycles. The summed E-state index contributed by atoms with van der Waals surface area (Å²) in [6.07, 6.45) is -2.14. The Morgan fingerprint density at radius 2 is 2.10 bits per heavy atom. The van der Waals surface area contributed by atoms with Gasteiger partial charge in [0.15, 0.2) is 0 Å². The zero-order valence-corrected chi connectivity index (χ0v) is 11.7. The number of rotatable bonds is 3. The minimum absolute atomic E-state index is 0.353. The lowest BCUT2D eigenvalue weighted by Crippen LogP contribution is -2.45. The van der Waals surface area contributed by atoms with Crippen molar-refractivity contribution < 1.29 is 23.1 Å². The van der Waals surface area contributed by atoms with Crippen LogP contribution in [0.3, 0.4) is 0 Å². The Hall–Kier alpha value is -1.56. The summed E-state index contributed by atoms with van der Waals surface area (Å²) < 4.78 is 38.3. The minimum Gasteiger partial charge on any atom is -0.480 e. The summed E-state index contributed by atoms with van der Waals surface area (Å²) in [4.78, 5) is 13.1. The standard InChI is InChI=1S/C15H18F3NO2/c1-10(19-8-3-2-7-13(19)14(20)21)11-5-4-6-12(9-11)15(16,17)18/h4-6,9-10,13H,2-3,7-8H2,1H3,(H,20,21). The van der Waals surface area contributed by atoms with E-state index in [-0.39, 0.29) is 6.04 Å². The highest BCUT2D eigenvalue weighted by atomic mass is 19.4. The highest BCUT2D eigenvalue weighted by molar-refractivity contribution is 5.73. The number of carbonyl (C=O) groups is 1. The molecule has 0 amide bonds. The monoisotopic (exact) mass is 301 g/mol. The quantitative estimate of drug-likeness (QED) is 0.925. The van der Waals surface area contributed by atoms with Gasteiger partial charge in [-0.3, -0.25) is 9.69 Å². The second-order valence-corrected chi connectivity index (χ2v) is 5.39. The van der Waals surface area contributed by atoms with Crippen molar-refractivity contribution in [3.05, 3.63) is 35.4 Å². The van der Waals surface area contributed by atoms with Crippen LogP contribution in [0.2, 0.25) is 0 Å². The average molecular weight is 301 g/mol. The predicted octanol–water partition coefficient (Wildman–Crippen LogP) is 3.71. The van der Waals surface area contributed by atoms with Gasteiger partial charge in [-0.05, 0) is 44.0 Å². The van der Waals surface area contributed by atoms with Gasteiger partial charge in [-0.2, -0.15) is 13.2 Å². The van der Waals surface area contributed by atoms with Crippen molar-refractivity contribution in [1.29, 1.82) is 0 Å². The maximum Gasteiger partial charge on any atom is 0.416 e. The van der Waals surface area contributed by atoms with Crippen molar-refractivity contribution in [3.8, 4) is 0 Å². The van der Waals surface area contributed by atoms with Gasteiger partial charge in [0.1, 0.15) is 6.04 Å². The molecule has 0 aliphatic carbocycles. The third-order valence-electron chi connectivity index (χ3n) is 4.02. The van der Waals surface area contributed by atoms with Crippen LogP contribution in [-0.4, -0.2) is 28.6 Å². The molecule has 0 bridgehead atoms. The van der Waals surface area contributed by atoms with E-state index in [9.17, 15) is 23.1 Å². The van der Waals surface area contributed by atoms with Gasteiger partial charge in [0.2, 0.25) is 0 Å². The fourth-order valence-corrected chi connectivity index (χ4v) is 2.85. The van der Waals surface area contributed by atoms with Gasteiger partial charge in [0.25, 0.3) is 0 Å². The summed E-state index contributed by atoms with van der Waals surface area (Å²) in [7, 11) is 0. The van der Waals surface area contributed by atoms with Crippen molar-refractivity contribution in [2.24, 2.45) is 0 Å². The third kappa shape index (κ3) is 3.56. The van der Waals surface area contributed by atoms with E-state index in [1.807, 2.05) is 0 Å². The molecule has 2 rings (SSSR count). The number of carboxylic acids is 1. The van der Waals surface area contributed by atoms with Gasteiger partial charge < -0.3 is 5.11 Å². The molecule has 0 spiro atoms. The van der Waals surface area contributed by atoms with Gasteiger partial charge in [0.05, 0.1) is 5.56 Å². The molecule has 1 aliphatic rings. The lowest BCUT2D eigenvalue weighted by Gasteiger charge is -2.37. The first-order chi connectivity index (χ1) is 9.80. The molecule has 2 unspecified atom stereocenters. The molecule has 3 nitrogen and oxygen atoms in total. The molecule has 1 aliphatic heterocycles. The molecule has 1 saturated heterocycles. The predicted molar refractivity (Wildman–Crippen MR) is 71.8 cm³/mol. The van der Waals surface area contributed by atoms with Gasteiger partial charge in [-0.25, -0.2) is 0 Å². The van der Waals surface area contributed by atoms with Crippen LogP contribution < -0.4 is 0 Å². The minimum atomic E-state index is -4.39. The Morgan fingerprint density at radius 3 is 2.71 bits per heavy atom.